The van der Waals surface area contributed by atoms with E-state index in [1.807, 2.05) is 5.32 Å². The summed E-state index contributed by atoms with van der Waals surface area (Å²) in [5.74, 6) is -3.03. The molecule has 4 atom stereocenters. The van der Waals surface area contributed by atoms with Crippen LogP contribution in [0.3, 0.4) is 0 Å². The van der Waals surface area contributed by atoms with Crippen molar-refractivity contribution in [1.82, 2.24) is 10.6 Å². The van der Waals surface area contributed by atoms with Gasteiger partial charge in [0.05, 0.1) is 18.8 Å². The first-order valence-corrected chi connectivity index (χ1v) is 5.58. The van der Waals surface area contributed by atoms with E-state index >= 15 is 0 Å². The topological polar surface area (TPSA) is 162 Å². The second-order valence-electron chi connectivity index (χ2n) is 4.10. The molecule has 0 saturated carbocycles. The highest BCUT2D eigenvalue weighted by atomic mass is 16.4. The van der Waals surface area contributed by atoms with E-state index in [0.717, 1.165) is 0 Å². The molecular formula is C10H19N3O6. The maximum Gasteiger partial charge on any atom is 0.328 e. The number of aliphatic hydroxyl groups is 2. The Hall–Kier alpha value is -1.71. The Morgan fingerprint density at radius 2 is 1.68 bits per heavy atom. The molecule has 0 aromatic heterocycles. The summed E-state index contributed by atoms with van der Waals surface area (Å²) in [5.41, 5.74) is 5.28. The van der Waals surface area contributed by atoms with Crippen LogP contribution in [0.4, 0.5) is 0 Å². The molecule has 2 amide bonds. The summed E-state index contributed by atoms with van der Waals surface area (Å²) in [6, 6.07) is -3.75. The molecule has 0 aliphatic heterocycles. The van der Waals surface area contributed by atoms with Crippen LogP contribution in [-0.2, 0) is 14.4 Å². The Labute approximate surface area is 109 Å². The fourth-order valence-corrected chi connectivity index (χ4v) is 1.14. The van der Waals surface area contributed by atoms with Crippen LogP contribution in [0.5, 0.6) is 0 Å². The maximum atomic E-state index is 11.7. The van der Waals surface area contributed by atoms with Gasteiger partial charge < -0.3 is 31.7 Å². The highest BCUT2D eigenvalue weighted by Gasteiger charge is 2.29. The lowest BCUT2D eigenvalue weighted by molar-refractivity contribution is -0.145. The van der Waals surface area contributed by atoms with Gasteiger partial charge in [-0.15, -0.1) is 0 Å². The van der Waals surface area contributed by atoms with Gasteiger partial charge in [-0.05, 0) is 13.8 Å². The molecule has 0 heterocycles. The first-order chi connectivity index (χ1) is 8.70. The molecule has 110 valence electrons. The summed E-state index contributed by atoms with van der Waals surface area (Å²) in [6.45, 7) is 1.85. The van der Waals surface area contributed by atoms with E-state index in [-0.39, 0.29) is 0 Å². The van der Waals surface area contributed by atoms with Crippen molar-refractivity contribution in [2.24, 2.45) is 5.73 Å². The van der Waals surface area contributed by atoms with Crippen LogP contribution in [0.15, 0.2) is 0 Å². The highest BCUT2D eigenvalue weighted by Crippen LogP contribution is 1.95. The average molecular weight is 277 g/mol. The standard InChI is InChI=1S/C10H19N3O6/c1-4(11)8(16)12-6(3-14)9(17)13-7(5(2)15)10(18)19/h4-7,14-15H,3,11H2,1-2H3,(H,12,16)(H,13,17)(H,18,19). The Bertz CT molecular complexity index is 344. The number of rotatable bonds is 7. The number of nitrogens with two attached hydrogens (primary N) is 1. The number of carbonyl (C=O) groups is 3. The second kappa shape index (κ2) is 7.67. The summed E-state index contributed by atoms with van der Waals surface area (Å²) in [6.07, 6.45) is -1.33. The van der Waals surface area contributed by atoms with Crippen LogP contribution in [0.25, 0.3) is 0 Å². The van der Waals surface area contributed by atoms with Gasteiger partial charge in [-0.2, -0.15) is 0 Å². The molecule has 0 bridgehead atoms. The van der Waals surface area contributed by atoms with Gasteiger partial charge in [-0.1, -0.05) is 0 Å². The monoisotopic (exact) mass is 277 g/mol. The van der Waals surface area contributed by atoms with Gasteiger partial charge in [0.15, 0.2) is 6.04 Å². The number of carboxylic acid groups (broad SMARTS) is 1. The molecule has 9 nitrogen and oxygen atoms in total. The van der Waals surface area contributed by atoms with Crippen LogP contribution in [0.1, 0.15) is 13.8 Å². The number of nitrogens with one attached hydrogen (secondary N) is 2. The average Bonchev–Trinajstić information content (AvgIpc) is 2.31. The zero-order valence-corrected chi connectivity index (χ0v) is 10.7. The lowest BCUT2D eigenvalue weighted by Crippen LogP contribution is -2.57. The highest BCUT2D eigenvalue weighted by molar-refractivity contribution is 5.91. The summed E-state index contributed by atoms with van der Waals surface area (Å²) >= 11 is 0. The van der Waals surface area contributed by atoms with Crippen LogP contribution in [0, 0.1) is 0 Å². The number of hydrogen-bond acceptors (Lipinski definition) is 6. The van der Waals surface area contributed by atoms with E-state index < -0.39 is 48.6 Å². The molecule has 19 heavy (non-hydrogen) atoms. The first-order valence-electron chi connectivity index (χ1n) is 5.58. The lowest BCUT2D eigenvalue weighted by atomic mass is 10.1. The predicted octanol–water partition coefficient (Wildman–Crippen LogP) is -3.24. The molecule has 9 heteroatoms. The van der Waals surface area contributed by atoms with Gasteiger partial charge in [0, 0.05) is 0 Å². The van der Waals surface area contributed by atoms with Crippen molar-refractivity contribution in [1.29, 1.82) is 0 Å². The van der Waals surface area contributed by atoms with Crippen molar-refractivity contribution < 1.29 is 29.7 Å². The molecule has 0 aliphatic carbocycles. The normalized spacial score (nSPS) is 16.9. The summed E-state index contributed by atoms with van der Waals surface area (Å²) in [7, 11) is 0. The van der Waals surface area contributed by atoms with E-state index in [2.05, 4.69) is 5.32 Å². The Balaban J connectivity index is 4.67. The van der Waals surface area contributed by atoms with Crippen molar-refractivity contribution in [3.05, 3.63) is 0 Å². The van der Waals surface area contributed by atoms with E-state index in [1.54, 1.807) is 0 Å². The number of carboxylic acids is 1. The number of aliphatic carboxylic acids is 1. The Morgan fingerprint density at radius 1 is 1.16 bits per heavy atom. The minimum Gasteiger partial charge on any atom is -0.480 e. The zero-order chi connectivity index (χ0) is 15.2. The molecule has 0 radical (unpaired) electrons. The lowest BCUT2D eigenvalue weighted by Gasteiger charge is -2.22. The number of carbonyl (C=O) groups excluding carboxylic acids is 2. The van der Waals surface area contributed by atoms with Gasteiger partial charge in [-0.25, -0.2) is 4.79 Å². The van der Waals surface area contributed by atoms with Crippen molar-refractivity contribution in [2.75, 3.05) is 6.61 Å². The fraction of sp³-hybridized carbons (Fsp3) is 0.700. The van der Waals surface area contributed by atoms with Crippen molar-refractivity contribution >= 4 is 17.8 Å². The van der Waals surface area contributed by atoms with Crippen LogP contribution in [0.2, 0.25) is 0 Å². The molecule has 7 N–H and O–H groups in total. The van der Waals surface area contributed by atoms with E-state index in [1.165, 1.54) is 13.8 Å². The van der Waals surface area contributed by atoms with E-state index in [9.17, 15) is 19.5 Å². The smallest absolute Gasteiger partial charge is 0.328 e. The summed E-state index contributed by atoms with van der Waals surface area (Å²) < 4.78 is 0. The third-order valence-electron chi connectivity index (χ3n) is 2.28. The van der Waals surface area contributed by atoms with Crippen LogP contribution in [-0.4, -0.2) is 63.9 Å². The van der Waals surface area contributed by atoms with Gasteiger partial charge in [-0.3, -0.25) is 9.59 Å². The minimum atomic E-state index is -1.53. The molecule has 0 aromatic rings. The minimum absolute atomic E-state index is 0.668. The molecular weight excluding hydrogens is 258 g/mol. The van der Waals surface area contributed by atoms with Crippen LogP contribution < -0.4 is 16.4 Å². The quantitative estimate of drug-likeness (QED) is 0.285. The zero-order valence-electron chi connectivity index (χ0n) is 10.7. The molecule has 0 rings (SSSR count). The molecule has 0 spiro atoms. The van der Waals surface area contributed by atoms with Crippen molar-refractivity contribution in [3.63, 3.8) is 0 Å². The predicted molar refractivity (Wildman–Crippen MR) is 63.9 cm³/mol. The summed E-state index contributed by atoms with van der Waals surface area (Å²) in [4.78, 5) is 33.7. The second-order valence-corrected chi connectivity index (χ2v) is 4.10. The molecule has 0 aliphatic rings. The van der Waals surface area contributed by atoms with Gasteiger partial charge >= 0.3 is 5.97 Å². The van der Waals surface area contributed by atoms with E-state index in [0.29, 0.717) is 0 Å². The molecule has 0 saturated heterocycles. The largest absolute Gasteiger partial charge is 0.480 e. The van der Waals surface area contributed by atoms with Gasteiger partial charge in [0.2, 0.25) is 11.8 Å². The maximum absolute atomic E-state index is 11.7. The first kappa shape index (κ1) is 17.3. The number of amides is 2. The van der Waals surface area contributed by atoms with Crippen molar-refractivity contribution in [2.45, 2.75) is 38.1 Å². The molecule has 4 unspecified atom stereocenters. The van der Waals surface area contributed by atoms with Crippen LogP contribution >= 0.6 is 0 Å². The third-order valence-corrected chi connectivity index (χ3v) is 2.28. The third kappa shape index (κ3) is 5.64. The van der Waals surface area contributed by atoms with Gasteiger partial charge in [0.25, 0.3) is 0 Å². The van der Waals surface area contributed by atoms with Crippen molar-refractivity contribution in [3.8, 4) is 0 Å². The fourth-order valence-electron chi connectivity index (χ4n) is 1.14. The molecule has 0 fully saturated rings. The van der Waals surface area contributed by atoms with E-state index in [4.69, 9.17) is 15.9 Å². The summed E-state index contributed by atoms with van der Waals surface area (Å²) in [5, 5.41) is 31.1. The molecule has 0 aromatic carbocycles. The number of hydrogen-bond donors (Lipinski definition) is 6. The Morgan fingerprint density at radius 3 is 2.00 bits per heavy atom. The SMILES string of the molecule is CC(N)C(=O)NC(CO)C(=O)NC(C(=O)O)C(C)O. The van der Waals surface area contributed by atoms with Gasteiger partial charge in [0.1, 0.15) is 6.04 Å². The Kier molecular flexibility index (Phi) is 6.98. The number of aliphatic hydroxyl groups excluding tert-OH is 2.